The zero-order valence-corrected chi connectivity index (χ0v) is 16.1. The van der Waals surface area contributed by atoms with Gasteiger partial charge in [-0.25, -0.2) is 0 Å². The van der Waals surface area contributed by atoms with Crippen LogP contribution in [0.2, 0.25) is 0 Å². The first-order chi connectivity index (χ1) is 13.5. The summed E-state index contributed by atoms with van der Waals surface area (Å²) in [5, 5.41) is 10.4. The average Bonchev–Trinajstić information content (AvgIpc) is 2.72. The molecule has 0 amide bonds. The highest BCUT2D eigenvalue weighted by molar-refractivity contribution is 5.82. The summed E-state index contributed by atoms with van der Waals surface area (Å²) in [7, 11) is 3.08. The van der Waals surface area contributed by atoms with Crippen LogP contribution in [0.3, 0.4) is 0 Å². The van der Waals surface area contributed by atoms with Gasteiger partial charge >= 0.3 is 0 Å². The molecular weight excluding hydrogens is 356 g/mol. The molecule has 2 aromatic carbocycles. The molecule has 5 nitrogen and oxygen atoms in total. The number of allylic oxidation sites excluding steroid dienone is 2. The second-order valence-electron chi connectivity index (χ2n) is 6.30. The lowest BCUT2D eigenvalue weighted by Crippen LogP contribution is -2.08. The minimum Gasteiger partial charge on any atom is -0.501 e. The Morgan fingerprint density at radius 3 is 2.43 bits per heavy atom. The largest absolute Gasteiger partial charge is 0.501 e. The van der Waals surface area contributed by atoms with Crippen molar-refractivity contribution < 1.29 is 19.0 Å². The van der Waals surface area contributed by atoms with E-state index in [1.165, 1.54) is 7.11 Å². The highest BCUT2D eigenvalue weighted by atomic mass is 16.5. The van der Waals surface area contributed by atoms with E-state index >= 15 is 0 Å². The SMILES string of the molecule is COc1ccc(-c2oc3ccccc3c(=O)c2C#CC(O)=C(C)C)cc1OC. The third-order valence-corrected chi connectivity index (χ3v) is 4.22. The van der Waals surface area contributed by atoms with Gasteiger partial charge in [0.15, 0.2) is 23.0 Å². The Morgan fingerprint density at radius 2 is 1.75 bits per heavy atom. The number of hydrogen-bond acceptors (Lipinski definition) is 5. The first kappa shape index (κ1) is 19.1. The summed E-state index contributed by atoms with van der Waals surface area (Å²) in [5.41, 5.74) is 1.63. The first-order valence-electron chi connectivity index (χ1n) is 8.63. The summed E-state index contributed by atoms with van der Waals surface area (Å²) >= 11 is 0. The molecule has 0 bridgehead atoms. The molecule has 5 heteroatoms. The number of aliphatic hydroxyl groups is 1. The Hall–Kier alpha value is -3.65. The quantitative estimate of drug-likeness (QED) is 0.531. The van der Waals surface area contributed by atoms with Gasteiger partial charge in [0.1, 0.15) is 11.1 Å². The van der Waals surface area contributed by atoms with Gasteiger partial charge in [-0.15, -0.1) is 0 Å². The number of aliphatic hydroxyl groups excluding tert-OH is 1. The van der Waals surface area contributed by atoms with Gasteiger partial charge in [0, 0.05) is 5.56 Å². The van der Waals surface area contributed by atoms with Crippen LogP contribution in [0.1, 0.15) is 19.4 Å². The second kappa shape index (κ2) is 7.93. The minimum absolute atomic E-state index is 0.0779. The van der Waals surface area contributed by atoms with Gasteiger partial charge in [-0.05, 0) is 55.7 Å². The van der Waals surface area contributed by atoms with E-state index in [9.17, 15) is 9.90 Å². The fourth-order valence-corrected chi connectivity index (χ4v) is 2.68. The van der Waals surface area contributed by atoms with Crippen molar-refractivity contribution in [1.82, 2.24) is 0 Å². The van der Waals surface area contributed by atoms with Gasteiger partial charge in [0.25, 0.3) is 0 Å². The normalized spacial score (nSPS) is 10.1. The van der Waals surface area contributed by atoms with Crippen molar-refractivity contribution in [1.29, 1.82) is 0 Å². The highest BCUT2D eigenvalue weighted by Crippen LogP contribution is 2.34. The highest BCUT2D eigenvalue weighted by Gasteiger charge is 2.16. The van der Waals surface area contributed by atoms with Crippen molar-refractivity contribution >= 4 is 11.0 Å². The molecule has 0 atom stereocenters. The van der Waals surface area contributed by atoms with Crippen LogP contribution in [0.4, 0.5) is 0 Å². The maximum atomic E-state index is 13.1. The van der Waals surface area contributed by atoms with E-state index in [0.29, 0.717) is 39.4 Å². The zero-order valence-electron chi connectivity index (χ0n) is 16.1. The number of rotatable bonds is 3. The Bertz CT molecular complexity index is 1190. The van der Waals surface area contributed by atoms with E-state index in [1.807, 2.05) is 0 Å². The summed E-state index contributed by atoms with van der Waals surface area (Å²) in [5.74, 6) is 6.71. The van der Waals surface area contributed by atoms with Crippen LogP contribution in [0.5, 0.6) is 11.5 Å². The molecule has 0 unspecified atom stereocenters. The maximum absolute atomic E-state index is 13.1. The van der Waals surface area contributed by atoms with Crippen LogP contribution in [-0.2, 0) is 0 Å². The number of fused-ring (bicyclic) bond motifs is 1. The van der Waals surface area contributed by atoms with Crippen molar-refractivity contribution in [3.8, 4) is 34.7 Å². The molecule has 1 heterocycles. The van der Waals surface area contributed by atoms with Crippen molar-refractivity contribution in [3.05, 3.63) is 69.6 Å². The lowest BCUT2D eigenvalue weighted by atomic mass is 10.0. The molecule has 1 aromatic heterocycles. The molecule has 1 N–H and O–H groups in total. The molecule has 142 valence electrons. The van der Waals surface area contributed by atoms with Crippen LogP contribution in [0.25, 0.3) is 22.3 Å². The summed E-state index contributed by atoms with van der Waals surface area (Å²) in [6.07, 6.45) is 0. The molecular formula is C23H20O5. The monoisotopic (exact) mass is 376 g/mol. The fourth-order valence-electron chi connectivity index (χ4n) is 2.68. The predicted octanol–water partition coefficient (Wildman–Crippen LogP) is 4.68. The third kappa shape index (κ3) is 3.58. The van der Waals surface area contributed by atoms with Gasteiger partial charge in [-0.1, -0.05) is 18.1 Å². The standard InChI is InChI=1S/C23H20O5/c1-14(2)18(24)11-10-17-22(25)16-7-5-6-8-19(16)28-23(17)15-9-12-20(26-3)21(13-15)27-4/h5-9,12-13,24H,1-4H3. The molecule has 0 aliphatic rings. The molecule has 0 aliphatic heterocycles. The Kier molecular flexibility index (Phi) is 5.42. The van der Waals surface area contributed by atoms with Gasteiger partial charge < -0.3 is 19.0 Å². The molecule has 3 rings (SSSR count). The number of para-hydroxylation sites is 1. The van der Waals surface area contributed by atoms with E-state index in [-0.39, 0.29) is 16.8 Å². The van der Waals surface area contributed by atoms with Crippen molar-refractivity contribution in [2.75, 3.05) is 14.2 Å². The number of ether oxygens (including phenoxy) is 2. The lowest BCUT2D eigenvalue weighted by molar-refractivity contribution is 0.355. The molecule has 3 aromatic rings. The van der Waals surface area contributed by atoms with Crippen molar-refractivity contribution in [2.45, 2.75) is 13.8 Å². The molecule has 0 saturated heterocycles. The summed E-state index contributed by atoms with van der Waals surface area (Å²) in [6.45, 7) is 3.48. The fraction of sp³-hybridized carbons (Fsp3) is 0.174. The average molecular weight is 376 g/mol. The number of benzene rings is 2. The van der Waals surface area contributed by atoms with E-state index in [1.54, 1.807) is 63.4 Å². The van der Waals surface area contributed by atoms with E-state index in [0.717, 1.165) is 0 Å². The van der Waals surface area contributed by atoms with Gasteiger partial charge in [0.05, 0.1) is 19.6 Å². The van der Waals surface area contributed by atoms with Crippen LogP contribution >= 0.6 is 0 Å². The van der Waals surface area contributed by atoms with Crippen LogP contribution in [-0.4, -0.2) is 19.3 Å². The van der Waals surface area contributed by atoms with Gasteiger partial charge in [-0.2, -0.15) is 0 Å². The predicted molar refractivity (Wildman–Crippen MR) is 109 cm³/mol. The Labute approximate surface area is 162 Å². The minimum atomic E-state index is -0.263. The zero-order chi connectivity index (χ0) is 20.3. The lowest BCUT2D eigenvalue weighted by Gasteiger charge is -2.11. The van der Waals surface area contributed by atoms with Crippen LogP contribution < -0.4 is 14.9 Å². The first-order valence-corrected chi connectivity index (χ1v) is 8.63. The number of hydrogen-bond donors (Lipinski definition) is 1. The summed E-state index contributed by atoms with van der Waals surface area (Å²) in [4.78, 5) is 13.1. The maximum Gasteiger partial charge on any atom is 0.208 e. The van der Waals surface area contributed by atoms with Crippen molar-refractivity contribution in [3.63, 3.8) is 0 Å². The smallest absolute Gasteiger partial charge is 0.208 e. The van der Waals surface area contributed by atoms with E-state index in [4.69, 9.17) is 13.9 Å². The molecule has 0 fully saturated rings. The molecule has 0 aliphatic carbocycles. The molecule has 0 saturated carbocycles. The second-order valence-corrected chi connectivity index (χ2v) is 6.30. The van der Waals surface area contributed by atoms with Crippen molar-refractivity contribution in [2.24, 2.45) is 0 Å². The third-order valence-electron chi connectivity index (χ3n) is 4.22. The summed E-state index contributed by atoms with van der Waals surface area (Å²) in [6, 6.07) is 12.2. The van der Waals surface area contributed by atoms with Crippen LogP contribution in [0.15, 0.2) is 63.0 Å². The number of methoxy groups -OCH3 is 2. The summed E-state index contributed by atoms with van der Waals surface area (Å²) < 4.78 is 16.7. The molecule has 28 heavy (non-hydrogen) atoms. The van der Waals surface area contributed by atoms with Gasteiger partial charge in [0.2, 0.25) is 5.43 Å². The van der Waals surface area contributed by atoms with E-state index in [2.05, 4.69) is 11.8 Å². The molecule has 0 radical (unpaired) electrons. The topological polar surface area (TPSA) is 68.9 Å². The Balaban J connectivity index is 2.34. The molecule has 0 spiro atoms. The Morgan fingerprint density at radius 1 is 1.04 bits per heavy atom. The van der Waals surface area contributed by atoms with E-state index < -0.39 is 0 Å². The van der Waals surface area contributed by atoms with Crippen LogP contribution in [0, 0.1) is 11.8 Å². The van der Waals surface area contributed by atoms with Gasteiger partial charge in [-0.3, -0.25) is 4.79 Å².